The number of nitrogens with two attached hydrogens (primary N) is 1. The van der Waals surface area contributed by atoms with Gasteiger partial charge in [-0.1, -0.05) is 23.1 Å². The van der Waals surface area contributed by atoms with Gasteiger partial charge in [0.1, 0.15) is 5.01 Å². The number of halogens is 1. The van der Waals surface area contributed by atoms with Gasteiger partial charge in [0.05, 0.1) is 6.54 Å². The lowest BCUT2D eigenvalue weighted by molar-refractivity contribution is 0.867. The van der Waals surface area contributed by atoms with Crippen LogP contribution in [0.25, 0.3) is 0 Å². The highest BCUT2D eigenvalue weighted by Crippen LogP contribution is 2.20. The molecule has 1 saturated carbocycles. The van der Waals surface area contributed by atoms with Gasteiger partial charge in [0, 0.05) is 6.04 Å². The summed E-state index contributed by atoms with van der Waals surface area (Å²) < 4.78 is 0.967. The van der Waals surface area contributed by atoms with Gasteiger partial charge in [0.2, 0.25) is 0 Å². The Bertz CT molecular complexity index is 363. The molecule has 1 aliphatic rings. The van der Waals surface area contributed by atoms with Crippen molar-refractivity contribution in [1.29, 1.82) is 0 Å². The van der Waals surface area contributed by atoms with Crippen LogP contribution in [0.5, 0.6) is 0 Å². The highest BCUT2D eigenvalue weighted by Gasteiger charge is 2.21. The van der Waals surface area contributed by atoms with E-state index in [1.807, 2.05) is 6.26 Å². The second-order valence-corrected chi connectivity index (χ2v) is 5.40. The summed E-state index contributed by atoms with van der Waals surface area (Å²) in [6.45, 7) is 0.518. The lowest BCUT2D eigenvalue weighted by atomic mass is 10.6. The molecule has 0 atom stereocenters. The molecule has 1 fully saturated rings. The minimum absolute atomic E-state index is 0. The summed E-state index contributed by atoms with van der Waals surface area (Å²) in [5.74, 6) is 0.512. The molecule has 2 rings (SSSR count). The Balaban J connectivity index is 0.00000128. The zero-order chi connectivity index (χ0) is 10.7. The third-order valence-electron chi connectivity index (χ3n) is 1.94. The molecular weight excluding hydrogens is 357 g/mol. The van der Waals surface area contributed by atoms with Crippen molar-refractivity contribution in [1.82, 2.24) is 15.5 Å². The van der Waals surface area contributed by atoms with E-state index in [-0.39, 0.29) is 24.0 Å². The molecule has 1 aliphatic carbocycles. The van der Waals surface area contributed by atoms with Gasteiger partial charge in [-0.15, -0.1) is 34.2 Å². The monoisotopic (exact) mass is 371 g/mol. The van der Waals surface area contributed by atoms with E-state index in [2.05, 4.69) is 20.5 Å². The van der Waals surface area contributed by atoms with E-state index in [0.29, 0.717) is 18.5 Å². The van der Waals surface area contributed by atoms with Crippen LogP contribution in [0.1, 0.15) is 17.8 Å². The van der Waals surface area contributed by atoms with E-state index < -0.39 is 0 Å². The number of hydrogen-bond donors (Lipinski definition) is 2. The molecule has 90 valence electrons. The van der Waals surface area contributed by atoms with Crippen LogP contribution in [0.4, 0.5) is 0 Å². The first-order valence-electron chi connectivity index (χ1n) is 4.71. The molecule has 0 bridgehead atoms. The smallest absolute Gasteiger partial charge is 0.189 e. The predicted octanol–water partition coefficient (Wildman–Crippen LogP) is 1.44. The molecule has 0 spiro atoms. The fourth-order valence-electron chi connectivity index (χ4n) is 1.02. The average molecular weight is 371 g/mol. The first-order valence-corrected chi connectivity index (χ1v) is 6.75. The SMILES string of the molecule is CSc1nnc(CN=C(N)NC2CC2)s1.I. The van der Waals surface area contributed by atoms with Crippen LogP contribution in [-0.2, 0) is 6.54 Å². The minimum Gasteiger partial charge on any atom is -0.370 e. The first-order chi connectivity index (χ1) is 7.28. The molecule has 1 aromatic rings. The Labute approximate surface area is 120 Å². The minimum atomic E-state index is 0. The van der Waals surface area contributed by atoms with Gasteiger partial charge in [-0.2, -0.15) is 0 Å². The van der Waals surface area contributed by atoms with E-state index in [1.54, 1.807) is 23.1 Å². The second-order valence-electron chi connectivity index (χ2n) is 3.29. The standard InChI is InChI=1S/C8H13N5S2.HI/c1-14-8-13-12-6(15-8)4-10-7(9)11-5-2-3-5;/h5H,2-4H2,1H3,(H3,9,10,11);1H. The molecule has 3 N–H and O–H groups in total. The van der Waals surface area contributed by atoms with E-state index in [4.69, 9.17) is 5.73 Å². The van der Waals surface area contributed by atoms with Gasteiger partial charge in [-0.3, -0.25) is 0 Å². The van der Waals surface area contributed by atoms with E-state index in [1.165, 1.54) is 12.8 Å². The van der Waals surface area contributed by atoms with Crippen molar-refractivity contribution < 1.29 is 0 Å². The number of guanidine groups is 1. The highest BCUT2D eigenvalue weighted by molar-refractivity contribution is 14.0. The Morgan fingerprint density at radius 3 is 2.94 bits per heavy atom. The topological polar surface area (TPSA) is 76.2 Å². The van der Waals surface area contributed by atoms with Crippen molar-refractivity contribution >= 4 is 53.0 Å². The van der Waals surface area contributed by atoms with Gasteiger partial charge in [-0.25, -0.2) is 4.99 Å². The van der Waals surface area contributed by atoms with Crippen molar-refractivity contribution in [3.63, 3.8) is 0 Å². The molecule has 0 amide bonds. The number of nitrogens with zero attached hydrogens (tertiary/aromatic N) is 3. The summed E-state index contributed by atoms with van der Waals surface area (Å²) in [5, 5.41) is 12.0. The lowest BCUT2D eigenvalue weighted by Crippen LogP contribution is -2.33. The number of aliphatic imine (C=N–C) groups is 1. The fraction of sp³-hybridized carbons (Fsp3) is 0.625. The summed E-state index contributed by atoms with van der Waals surface area (Å²) in [4.78, 5) is 4.20. The van der Waals surface area contributed by atoms with Gasteiger partial charge in [0.25, 0.3) is 0 Å². The molecule has 0 unspecified atom stereocenters. The van der Waals surface area contributed by atoms with Crippen LogP contribution < -0.4 is 11.1 Å². The summed E-state index contributed by atoms with van der Waals surface area (Å²) in [7, 11) is 0. The lowest BCUT2D eigenvalue weighted by Gasteiger charge is -2.00. The Morgan fingerprint density at radius 1 is 1.62 bits per heavy atom. The van der Waals surface area contributed by atoms with Gasteiger partial charge >= 0.3 is 0 Å². The zero-order valence-corrected chi connectivity index (χ0v) is 12.8. The maximum absolute atomic E-state index is 5.69. The number of nitrogens with one attached hydrogen (secondary N) is 1. The van der Waals surface area contributed by atoms with Crippen molar-refractivity contribution in [3.05, 3.63) is 5.01 Å². The summed E-state index contributed by atoms with van der Waals surface area (Å²) in [6.07, 6.45) is 4.38. The summed E-state index contributed by atoms with van der Waals surface area (Å²) >= 11 is 3.15. The van der Waals surface area contributed by atoms with Gasteiger partial charge in [-0.05, 0) is 19.1 Å². The number of thioether (sulfide) groups is 1. The zero-order valence-electron chi connectivity index (χ0n) is 8.84. The van der Waals surface area contributed by atoms with E-state index in [9.17, 15) is 0 Å². The van der Waals surface area contributed by atoms with Crippen LogP contribution in [0.2, 0.25) is 0 Å². The summed E-state index contributed by atoms with van der Waals surface area (Å²) in [5.41, 5.74) is 5.69. The first kappa shape index (κ1) is 14.0. The highest BCUT2D eigenvalue weighted by atomic mass is 127. The third kappa shape index (κ3) is 4.42. The fourth-order valence-corrected chi connectivity index (χ4v) is 2.26. The van der Waals surface area contributed by atoms with Crippen molar-refractivity contribution in [2.75, 3.05) is 6.26 Å². The Morgan fingerprint density at radius 2 is 2.38 bits per heavy atom. The van der Waals surface area contributed by atoms with Crippen LogP contribution in [0.15, 0.2) is 9.33 Å². The van der Waals surface area contributed by atoms with Crippen LogP contribution in [-0.4, -0.2) is 28.5 Å². The molecule has 16 heavy (non-hydrogen) atoms. The molecule has 0 saturated heterocycles. The molecule has 1 heterocycles. The van der Waals surface area contributed by atoms with Crippen molar-refractivity contribution in [3.8, 4) is 0 Å². The molecule has 5 nitrogen and oxygen atoms in total. The average Bonchev–Trinajstić information content (AvgIpc) is 2.92. The van der Waals surface area contributed by atoms with Crippen LogP contribution in [0.3, 0.4) is 0 Å². The van der Waals surface area contributed by atoms with E-state index >= 15 is 0 Å². The van der Waals surface area contributed by atoms with E-state index in [0.717, 1.165) is 9.35 Å². The third-order valence-corrected chi connectivity index (χ3v) is 3.82. The van der Waals surface area contributed by atoms with Gasteiger partial charge in [0.15, 0.2) is 10.3 Å². The Kier molecular flexibility index (Phi) is 5.76. The van der Waals surface area contributed by atoms with Crippen LogP contribution >= 0.6 is 47.1 Å². The molecular formula is C8H14IN5S2. The Hall–Kier alpha value is -0.0900. The number of hydrogen-bond acceptors (Lipinski definition) is 5. The number of rotatable bonds is 4. The van der Waals surface area contributed by atoms with Gasteiger partial charge < -0.3 is 11.1 Å². The largest absolute Gasteiger partial charge is 0.370 e. The maximum atomic E-state index is 5.69. The summed E-state index contributed by atoms with van der Waals surface area (Å²) in [6, 6.07) is 0.546. The predicted molar refractivity (Wildman–Crippen MR) is 78.6 cm³/mol. The maximum Gasteiger partial charge on any atom is 0.189 e. The van der Waals surface area contributed by atoms with Crippen LogP contribution in [0, 0.1) is 0 Å². The normalized spacial score (nSPS) is 15.7. The van der Waals surface area contributed by atoms with Crippen molar-refractivity contribution in [2.45, 2.75) is 29.8 Å². The quantitative estimate of drug-likeness (QED) is 0.363. The molecule has 0 aromatic carbocycles. The molecule has 0 aliphatic heterocycles. The molecule has 1 aromatic heterocycles. The van der Waals surface area contributed by atoms with Crippen molar-refractivity contribution in [2.24, 2.45) is 10.7 Å². The second kappa shape index (κ2) is 6.60. The molecule has 0 radical (unpaired) electrons. The molecule has 8 heteroatoms. The number of aromatic nitrogens is 2.